The molecule has 0 radical (unpaired) electrons. The van der Waals surface area contributed by atoms with Crippen LogP contribution in [0.2, 0.25) is 0 Å². The highest BCUT2D eigenvalue weighted by molar-refractivity contribution is 7.80. The number of ether oxygens (including phenoxy) is 1. The SMILES string of the molecule is COC(C)CCC(=O)Nc1c(C(N)=S)cnn1C. The third-order valence-electron chi connectivity index (χ3n) is 2.64. The van der Waals surface area contributed by atoms with E-state index in [4.69, 9.17) is 22.7 Å². The van der Waals surface area contributed by atoms with Gasteiger partial charge < -0.3 is 15.8 Å². The largest absolute Gasteiger partial charge is 0.389 e. The second-order valence-electron chi connectivity index (χ2n) is 4.03. The van der Waals surface area contributed by atoms with Crippen molar-refractivity contribution in [1.29, 1.82) is 0 Å². The molecule has 3 N–H and O–H groups in total. The van der Waals surface area contributed by atoms with Crippen LogP contribution in [0.1, 0.15) is 25.3 Å². The topological polar surface area (TPSA) is 82.2 Å². The zero-order chi connectivity index (χ0) is 13.7. The summed E-state index contributed by atoms with van der Waals surface area (Å²) in [7, 11) is 3.34. The summed E-state index contributed by atoms with van der Waals surface area (Å²) in [5, 5.41) is 6.77. The molecular formula is C11H18N4O2S. The van der Waals surface area contributed by atoms with Crippen molar-refractivity contribution in [3.63, 3.8) is 0 Å². The van der Waals surface area contributed by atoms with Crippen LogP contribution >= 0.6 is 12.2 Å². The molecule has 0 saturated heterocycles. The van der Waals surface area contributed by atoms with Gasteiger partial charge in [0.1, 0.15) is 10.8 Å². The molecule has 1 aromatic heterocycles. The van der Waals surface area contributed by atoms with Crippen LogP contribution in [0, 0.1) is 0 Å². The Balaban J connectivity index is 2.64. The average Bonchev–Trinajstić information content (AvgIpc) is 2.68. The fourth-order valence-electron chi connectivity index (χ4n) is 1.41. The van der Waals surface area contributed by atoms with Crippen molar-refractivity contribution in [2.75, 3.05) is 12.4 Å². The summed E-state index contributed by atoms with van der Waals surface area (Å²) < 4.78 is 6.62. The minimum absolute atomic E-state index is 0.0531. The van der Waals surface area contributed by atoms with Gasteiger partial charge in [0.25, 0.3) is 0 Å². The molecule has 100 valence electrons. The summed E-state index contributed by atoms with van der Waals surface area (Å²) in [6, 6.07) is 0. The molecule has 0 saturated carbocycles. The quantitative estimate of drug-likeness (QED) is 0.747. The second kappa shape index (κ2) is 6.46. The molecule has 1 amide bonds. The normalized spacial score (nSPS) is 12.2. The van der Waals surface area contributed by atoms with Gasteiger partial charge in [-0.3, -0.25) is 9.48 Å². The highest BCUT2D eigenvalue weighted by Crippen LogP contribution is 2.14. The molecule has 0 spiro atoms. The minimum Gasteiger partial charge on any atom is -0.389 e. The Morgan fingerprint density at radius 3 is 2.94 bits per heavy atom. The molecule has 1 rings (SSSR count). The van der Waals surface area contributed by atoms with Gasteiger partial charge in [0, 0.05) is 20.6 Å². The Kier molecular flexibility index (Phi) is 5.24. The van der Waals surface area contributed by atoms with Crippen LogP contribution in [0.4, 0.5) is 5.82 Å². The van der Waals surface area contributed by atoms with Crippen molar-refractivity contribution in [2.45, 2.75) is 25.9 Å². The maximum absolute atomic E-state index is 11.8. The van der Waals surface area contributed by atoms with Gasteiger partial charge in [0.2, 0.25) is 5.91 Å². The molecule has 1 aromatic rings. The lowest BCUT2D eigenvalue weighted by molar-refractivity contribution is -0.116. The molecule has 18 heavy (non-hydrogen) atoms. The molecule has 7 heteroatoms. The average molecular weight is 270 g/mol. The van der Waals surface area contributed by atoms with E-state index in [1.165, 1.54) is 10.9 Å². The molecule has 0 fully saturated rings. The minimum atomic E-state index is -0.111. The van der Waals surface area contributed by atoms with Crippen LogP contribution in [0.3, 0.4) is 0 Å². The smallest absolute Gasteiger partial charge is 0.225 e. The predicted octanol–water partition coefficient (Wildman–Crippen LogP) is 0.808. The fraction of sp³-hybridized carbons (Fsp3) is 0.545. The number of rotatable bonds is 6. The molecule has 1 heterocycles. The van der Waals surface area contributed by atoms with Gasteiger partial charge in [-0.25, -0.2) is 0 Å². The third kappa shape index (κ3) is 3.78. The van der Waals surface area contributed by atoms with E-state index in [0.29, 0.717) is 24.2 Å². The number of hydrogen-bond acceptors (Lipinski definition) is 4. The van der Waals surface area contributed by atoms with Crippen molar-refractivity contribution >= 4 is 28.9 Å². The number of carbonyl (C=O) groups is 1. The number of hydrogen-bond donors (Lipinski definition) is 2. The summed E-state index contributed by atoms with van der Waals surface area (Å²) >= 11 is 4.89. The van der Waals surface area contributed by atoms with E-state index in [1.807, 2.05) is 6.92 Å². The number of nitrogens with zero attached hydrogens (tertiary/aromatic N) is 2. The van der Waals surface area contributed by atoms with Crippen molar-refractivity contribution in [2.24, 2.45) is 12.8 Å². The fourth-order valence-corrected chi connectivity index (χ4v) is 1.56. The van der Waals surface area contributed by atoms with E-state index in [2.05, 4.69) is 10.4 Å². The Hall–Kier alpha value is -1.47. The lowest BCUT2D eigenvalue weighted by Gasteiger charge is -2.10. The van der Waals surface area contributed by atoms with Crippen LogP contribution in [-0.4, -0.2) is 33.9 Å². The predicted molar refractivity (Wildman–Crippen MR) is 73.4 cm³/mol. The van der Waals surface area contributed by atoms with Crippen molar-refractivity contribution in [3.05, 3.63) is 11.8 Å². The van der Waals surface area contributed by atoms with E-state index in [0.717, 1.165) is 0 Å². The summed E-state index contributed by atoms with van der Waals surface area (Å²) in [4.78, 5) is 12.0. The summed E-state index contributed by atoms with van der Waals surface area (Å²) in [5.41, 5.74) is 6.12. The van der Waals surface area contributed by atoms with E-state index in [1.54, 1.807) is 14.2 Å². The Labute approximate surface area is 111 Å². The Morgan fingerprint density at radius 1 is 1.72 bits per heavy atom. The second-order valence-corrected chi connectivity index (χ2v) is 4.47. The monoisotopic (exact) mass is 270 g/mol. The number of carbonyl (C=O) groups excluding carboxylic acids is 1. The number of thiocarbonyl (C=S) groups is 1. The van der Waals surface area contributed by atoms with Gasteiger partial charge in [-0.15, -0.1) is 0 Å². The summed E-state index contributed by atoms with van der Waals surface area (Å²) in [6.45, 7) is 1.91. The first kappa shape index (κ1) is 14.6. The van der Waals surface area contributed by atoms with Gasteiger partial charge in [-0.05, 0) is 13.3 Å². The van der Waals surface area contributed by atoms with E-state index < -0.39 is 0 Å². The van der Waals surface area contributed by atoms with Crippen molar-refractivity contribution < 1.29 is 9.53 Å². The maximum Gasteiger partial charge on any atom is 0.225 e. The lowest BCUT2D eigenvalue weighted by Crippen LogP contribution is -2.20. The zero-order valence-electron chi connectivity index (χ0n) is 10.8. The molecule has 0 aliphatic carbocycles. The highest BCUT2D eigenvalue weighted by atomic mass is 32.1. The first-order valence-corrected chi connectivity index (χ1v) is 6.01. The van der Waals surface area contributed by atoms with Crippen LogP contribution in [0.25, 0.3) is 0 Å². The number of nitrogens with one attached hydrogen (secondary N) is 1. The van der Waals surface area contributed by atoms with Crippen LogP contribution in [0.15, 0.2) is 6.20 Å². The van der Waals surface area contributed by atoms with Gasteiger partial charge in [-0.2, -0.15) is 5.10 Å². The first-order chi connectivity index (χ1) is 8.45. The van der Waals surface area contributed by atoms with Gasteiger partial charge >= 0.3 is 0 Å². The summed E-state index contributed by atoms with van der Waals surface area (Å²) in [5.74, 6) is 0.414. The van der Waals surface area contributed by atoms with Crippen molar-refractivity contribution in [1.82, 2.24) is 9.78 Å². The van der Waals surface area contributed by atoms with E-state index >= 15 is 0 Å². The third-order valence-corrected chi connectivity index (χ3v) is 2.86. The van der Waals surface area contributed by atoms with Gasteiger partial charge in [0.15, 0.2) is 0 Å². The molecule has 0 aliphatic heterocycles. The molecule has 0 aliphatic rings. The lowest BCUT2D eigenvalue weighted by atomic mass is 10.2. The molecule has 0 bridgehead atoms. The molecule has 1 atom stereocenters. The number of methoxy groups -OCH3 is 1. The molecular weight excluding hydrogens is 252 g/mol. The zero-order valence-corrected chi connectivity index (χ0v) is 11.6. The number of nitrogens with two attached hydrogens (primary N) is 1. The molecule has 0 aromatic carbocycles. The highest BCUT2D eigenvalue weighted by Gasteiger charge is 2.14. The number of anilines is 1. The number of aryl methyl sites for hydroxylation is 1. The number of amides is 1. The Morgan fingerprint density at radius 2 is 2.39 bits per heavy atom. The van der Waals surface area contributed by atoms with E-state index in [-0.39, 0.29) is 17.0 Å². The molecule has 6 nitrogen and oxygen atoms in total. The Bertz CT molecular complexity index is 444. The summed E-state index contributed by atoms with van der Waals surface area (Å²) in [6.07, 6.45) is 2.62. The maximum atomic E-state index is 11.8. The van der Waals surface area contributed by atoms with Crippen molar-refractivity contribution in [3.8, 4) is 0 Å². The van der Waals surface area contributed by atoms with Gasteiger partial charge in [-0.1, -0.05) is 12.2 Å². The van der Waals surface area contributed by atoms with Gasteiger partial charge in [0.05, 0.1) is 17.9 Å². The number of aromatic nitrogens is 2. The van der Waals surface area contributed by atoms with Crippen LogP contribution < -0.4 is 11.1 Å². The van der Waals surface area contributed by atoms with Crippen LogP contribution in [-0.2, 0) is 16.6 Å². The first-order valence-electron chi connectivity index (χ1n) is 5.60. The van der Waals surface area contributed by atoms with E-state index in [9.17, 15) is 4.79 Å². The molecule has 1 unspecified atom stereocenters. The van der Waals surface area contributed by atoms with Crippen LogP contribution in [0.5, 0.6) is 0 Å². The standard InChI is InChI=1S/C11H18N4O2S/c1-7(17-3)4-5-9(16)14-11-8(10(12)18)6-13-15(11)2/h6-7H,4-5H2,1-3H3,(H2,12,18)(H,14,16).